The highest BCUT2D eigenvalue weighted by molar-refractivity contribution is 9.10. The molecule has 7 rings (SSSR count). The molecule has 0 fully saturated rings. The Balaban J connectivity index is 1.43. The fourth-order valence-electron chi connectivity index (χ4n) is 5.25. The highest BCUT2D eigenvalue weighted by atomic mass is 79.9. The summed E-state index contributed by atoms with van der Waals surface area (Å²) in [5.74, 6) is -0.311. The number of pyridine rings is 1. The van der Waals surface area contributed by atoms with Gasteiger partial charge in [-0.1, -0.05) is 94.8 Å². The molecule has 188 valence electrons. The van der Waals surface area contributed by atoms with Crippen LogP contribution >= 0.6 is 15.9 Å². The van der Waals surface area contributed by atoms with Crippen LogP contribution in [0, 0.1) is 0 Å². The van der Waals surface area contributed by atoms with Gasteiger partial charge in [0.05, 0.1) is 11.4 Å². The van der Waals surface area contributed by atoms with Crippen molar-refractivity contribution in [1.29, 1.82) is 0 Å². The number of nitrogens with one attached hydrogen (secondary N) is 1. The van der Waals surface area contributed by atoms with E-state index in [9.17, 15) is 9.59 Å². The minimum absolute atomic E-state index is 0.177. The molecule has 39 heavy (non-hydrogen) atoms. The number of carbonyl (C=O) groups is 1. The lowest BCUT2D eigenvalue weighted by Crippen LogP contribution is -2.28. The van der Waals surface area contributed by atoms with Crippen molar-refractivity contribution in [2.24, 2.45) is 0 Å². The number of halogens is 1. The average Bonchev–Trinajstić information content (AvgIpc) is 3.59. The molecule has 0 aliphatic rings. The summed E-state index contributed by atoms with van der Waals surface area (Å²) in [7, 11) is 0. The first-order valence-corrected chi connectivity index (χ1v) is 13.3. The van der Waals surface area contributed by atoms with Crippen molar-refractivity contribution >= 4 is 54.5 Å². The van der Waals surface area contributed by atoms with Gasteiger partial charge in [-0.3, -0.25) is 14.2 Å². The fourth-order valence-corrected chi connectivity index (χ4v) is 5.61. The predicted molar refractivity (Wildman–Crippen MR) is 159 cm³/mol. The zero-order valence-corrected chi connectivity index (χ0v) is 22.2. The van der Waals surface area contributed by atoms with E-state index in [0.29, 0.717) is 22.4 Å². The van der Waals surface area contributed by atoms with Crippen molar-refractivity contribution < 1.29 is 4.79 Å². The Kier molecular flexibility index (Phi) is 5.52. The summed E-state index contributed by atoms with van der Waals surface area (Å²) < 4.78 is 3.89. The molecular formula is C32H21BrN4O2. The number of H-pyrrole nitrogens is 1. The van der Waals surface area contributed by atoms with E-state index in [4.69, 9.17) is 5.10 Å². The first kappa shape index (κ1) is 23.4. The van der Waals surface area contributed by atoms with Crippen molar-refractivity contribution in [2.45, 2.75) is 6.54 Å². The third-order valence-electron chi connectivity index (χ3n) is 7.06. The van der Waals surface area contributed by atoms with E-state index in [-0.39, 0.29) is 18.0 Å². The summed E-state index contributed by atoms with van der Waals surface area (Å²) in [5.41, 5.74) is 4.41. The third-order valence-corrected chi connectivity index (χ3v) is 7.55. The Morgan fingerprint density at radius 2 is 1.44 bits per heavy atom. The second-order valence-electron chi connectivity index (χ2n) is 9.43. The highest BCUT2D eigenvalue weighted by Crippen LogP contribution is 2.33. The van der Waals surface area contributed by atoms with E-state index in [1.165, 1.54) is 9.25 Å². The molecule has 0 amide bonds. The van der Waals surface area contributed by atoms with Gasteiger partial charge in [0.25, 0.3) is 11.5 Å². The molecule has 3 heterocycles. The Hall–Kier alpha value is -4.75. The summed E-state index contributed by atoms with van der Waals surface area (Å²) in [6.07, 6.45) is 0. The lowest BCUT2D eigenvalue weighted by atomic mass is 10.1. The maximum absolute atomic E-state index is 14.0. The first-order chi connectivity index (χ1) is 19.1. The molecule has 0 saturated carbocycles. The molecule has 7 heteroatoms. The minimum atomic E-state index is -0.311. The molecule has 0 bridgehead atoms. The Morgan fingerprint density at radius 1 is 0.769 bits per heavy atom. The number of hydrogen-bond acceptors (Lipinski definition) is 3. The predicted octanol–water partition coefficient (Wildman–Crippen LogP) is 7.27. The van der Waals surface area contributed by atoms with Gasteiger partial charge in [-0.25, -0.2) is 0 Å². The molecule has 7 aromatic rings. The van der Waals surface area contributed by atoms with Gasteiger partial charge in [-0.05, 0) is 35.7 Å². The second kappa shape index (κ2) is 9.22. The van der Waals surface area contributed by atoms with Crippen molar-refractivity contribution in [3.63, 3.8) is 0 Å². The van der Waals surface area contributed by atoms with E-state index >= 15 is 0 Å². The van der Waals surface area contributed by atoms with Crippen LogP contribution in [0.15, 0.2) is 118 Å². The van der Waals surface area contributed by atoms with Crippen molar-refractivity contribution in [3.05, 3.63) is 124 Å². The van der Waals surface area contributed by atoms with Crippen LogP contribution in [0.2, 0.25) is 0 Å². The number of carbonyl (C=O) groups excluding carboxylic acids is 1. The number of aromatic amines is 1. The van der Waals surface area contributed by atoms with Crippen molar-refractivity contribution in [3.8, 4) is 22.5 Å². The first-order valence-electron chi connectivity index (χ1n) is 12.5. The van der Waals surface area contributed by atoms with Gasteiger partial charge < -0.3 is 4.98 Å². The number of hydrogen-bond donors (Lipinski definition) is 1. The highest BCUT2D eigenvalue weighted by Gasteiger charge is 2.21. The average molecular weight is 573 g/mol. The smallest absolute Gasteiger partial charge is 0.267 e. The number of rotatable bonds is 4. The molecule has 0 radical (unpaired) electrons. The minimum Gasteiger partial charge on any atom is -0.340 e. The van der Waals surface area contributed by atoms with Gasteiger partial charge >= 0.3 is 0 Å². The van der Waals surface area contributed by atoms with Gasteiger partial charge in [-0.15, -0.1) is 0 Å². The van der Waals surface area contributed by atoms with Crippen LogP contribution in [0.5, 0.6) is 0 Å². The number of fused-ring (bicyclic) bond motifs is 5. The number of benzene rings is 4. The van der Waals surface area contributed by atoms with Crippen LogP contribution in [0.4, 0.5) is 0 Å². The summed E-state index contributed by atoms with van der Waals surface area (Å²) in [4.78, 5) is 31.2. The summed E-state index contributed by atoms with van der Waals surface area (Å²) in [6.45, 7) is -0.177. The molecule has 4 aromatic carbocycles. The lowest BCUT2D eigenvalue weighted by molar-refractivity contribution is 0.0878. The molecule has 0 aliphatic carbocycles. The molecular weight excluding hydrogens is 552 g/mol. The van der Waals surface area contributed by atoms with Gasteiger partial charge in [0.1, 0.15) is 12.2 Å². The van der Waals surface area contributed by atoms with E-state index in [1.807, 2.05) is 109 Å². The maximum Gasteiger partial charge on any atom is 0.267 e. The Labute approximate surface area is 231 Å². The molecule has 0 aliphatic heterocycles. The molecule has 0 saturated heterocycles. The second-order valence-corrected chi connectivity index (χ2v) is 10.3. The van der Waals surface area contributed by atoms with Crippen molar-refractivity contribution in [1.82, 2.24) is 19.3 Å². The largest absolute Gasteiger partial charge is 0.340 e. The Morgan fingerprint density at radius 3 is 2.18 bits per heavy atom. The van der Waals surface area contributed by atoms with Gasteiger partial charge in [-0.2, -0.15) is 9.78 Å². The van der Waals surface area contributed by atoms with Crippen LogP contribution in [-0.4, -0.2) is 25.2 Å². The van der Waals surface area contributed by atoms with E-state index in [2.05, 4.69) is 20.9 Å². The standard InChI is InChI=1S/C32H21BrN4O2/c33-22-15-16-26-25(17-22)30-23-13-7-8-14-24(23)32(39)36(31(30)34-26)19-29(38)37-28(21-11-5-2-6-12-21)18-27(35-37)20-9-3-1-4-10-20/h1-18,34H,19H2. The molecule has 1 N–H and O–H groups in total. The molecule has 0 unspecified atom stereocenters. The quantitative estimate of drug-likeness (QED) is 0.241. The van der Waals surface area contributed by atoms with Crippen molar-refractivity contribution in [2.75, 3.05) is 0 Å². The van der Waals surface area contributed by atoms with Crippen LogP contribution in [0.1, 0.15) is 4.79 Å². The van der Waals surface area contributed by atoms with E-state index in [1.54, 1.807) is 0 Å². The molecule has 0 spiro atoms. The monoisotopic (exact) mass is 572 g/mol. The summed E-state index contributed by atoms with van der Waals surface area (Å²) in [5, 5.41) is 8.01. The Bertz CT molecular complexity index is 2090. The van der Waals surface area contributed by atoms with E-state index < -0.39 is 0 Å². The van der Waals surface area contributed by atoms with Crippen LogP contribution in [0.3, 0.4) is 0 Å². The zero-order valence-electron chi connectivity index (χ0n) is 20.6. The van der Waals surface area contributed by atoms with E-state index in [0.717, 1.165) is 37.3 Å². The van der Waals surface area contributed by atoms with Crippen LogP contribution in [-0.2, 0) is 6.54 Å². The SMILES string of the molecule is O=C(Cn1c(=O)c2ccccc2c2c3cc(Br)ccc3[nH]c21)n1nc(-c2ccccc2)cc1-c1ccccc1. The summed E-state index contributed by atoms with van der Waals surface area (Å²) in [6, 6.07) is 34.9. The van der Waals surface area contributed by atoms with Crippen LogP contribution < -0.4 is 5.56 Å². The summed E-state index contributed by atoms with van der Waals surface area (Å²) >= 11 is 3.57. The number of aromatic nitrogens is 4. The topological polar surface area (TPSA) is 72.7 Å². The van der Waals surface area contributed by atoms with Gasteiger partial charge in [0.2, 0.25) is 0 Å². The fraction of sp³-hybridized carbons (Fsp3) is 0.0312. The third kappa shape index (κ3) is 3.90. The molecule has 3 aromatic heterocycles. The lowest BCUT2D eigenvalue weighted by Gasteiger charge is -2.11. The maximum atomic E-state index is 14.0. The van der Waals surface area contributed by atoms with Gasteiger partial charge in [0, 0.05) is 37.3 Å². The molecule has 0 atom stereocenters. The van der Waals surface area contributed by atoms with Gasteiger partial charge in [0.15, 0.2) is 0 Å². The number of nitrogens with zero attached hydrogens (tertiary/aromatic N) is 3. The normalized spacial score (nSPS) is 11.5. The molecule has 6 nitrogen and oxygen atoms in total. The van der Waals surface area contributed by atoms with Crippen LogP contribution in [0.25, 0.3) is 55.2 Å². The zero-order chi connectivity index (χ0) is 26.5.